The minimum absolute atomic E-state index is 0.0480. The predicted octanol–water partition coefficient (Wildman–Crippen LogP) is 3.65. The van der Waals surface area contributed by atoms with E-state index in [1.807, 2.05) is 0 Å². The summed E-state index contributed by atoms with van der Waals surface area (Å²) in [5.41, 5.74) is 0.366. The number of nitrogens with zero attached hydrogens (tertiary/aromatic N) is 3. The molecule has 2 aliphatic rings. The van der Waals surface area contributed by atoms with Crippen molar-refractivity contribution in [1.29, 1.82) is 0 Å². The molecule has 2 aromatic rings. The quantitative estimate of drug-likeness (QED) is 0.735. The van der Waals surface area contributed by atoms with Crippen LogP contribution in [0.2, 0.25) is 5.02 Å². The summed E-state index contributed by atoms with van der Waals surface area (Å²) in [5, 5.41) is 10.8. The van der Waals surface area contributed by atoms with E-state index in [4.69, 9.17) is 16.7 Å². The Kier molecular flexibility index (Phi) is 3.08. The summed E-state index contributed by atoms with van der Waals surface area (Å²) in [6.45, 7) is 2.67. The molecule has 0 saturated carbocycles. The number of aromatic nitrogens is 1. The van der Waals surface area contributed by atoms with Gasteiger partial charge < -0.3 is 14.9 Å². The molecular formula is C13H10BrClFN3O2S. The summed E-state index contributed by atoms with van der Waals surface area (Å²) in [6.07, 6.45) is -0.869. The number of fused-ring (bicyclic) bond motifs is 1. The largest absolute Gasteiger partial charge is 0.465 e. The molecule has 2 saturated heterocycles. The Balaban J connectivity index is 1.59. The van der Waals surface area contributed by atoms with Crippen molar-refractivity contribution in [1.82, 2.24) is 9.27 Å². The van der Waals surface area contributed by atoms with E-state index in [0.717, 1.165) is 18.1 Å². The molecule has 0 atom stereocenters. The lowest BCUT2D eigenvalue weighted by Crippen LogP contribution is -2.72. The fraction of sp³-hybridized carbons (Fsp3) is 0.385. The van der Waals surface area contributed by atoms with Gasteiger partial charge in [0.25, 0.3) is 0 Å². The lowest BCUT2D eigenvalue weighted by molar-refractivity contribution is -0.00903. The van der Waals surface area contributed by atoms with Crippen LogP contribution in [0.3, 0.4) is 0 Å². The van der Waals surface area contributed by atoms with E-state index < -0.39 is 11.9 Å². The van der Waals surface area contributed by atoms with E-state index >= 15 is 0 Å². The minimum Gasteiger partial charge on any atom is -0.465 e. The maximum atomic E-state index is 14.1. The molecule has 0 aliphatic carbocycles. The number of hydrogen-bond donors (Lipinski definition) is 1. The molecule has 5 nitrogen and oxygen atoms in total. The van der Waals surface area contributed by atoms with Gasteiger partial charge in [-0.3, -0.25) is 0 Å². The molecule has 0 bridgehead atoms. The van der Waals surface area contributed by atoms with Gasteiger partial charge >= 0.3 is 6.09 Å². The smallest absolute Gasteiger partial charge is 0.407 e. The first-order valence-corrected chi connectivity index (χ1v) is 8.50. The van der Waals surface area contributed by atoms with Crippen molar-refractivity contribution in [3.8, 4) is 0 Å². The third-order valence-corrected chi connectivity index (χ3v) is 6.48. The molecular weight excluding hydrogens is 397 g/mol. The molecule has 1 N–H and O–H groups in total. The molecule has 3 heterocycles. The van der Waals surface area contributed by atoms with E-state index in [1.165, 1.54) is 16.4 Å². The normalized spacial score (nSPS) is 19.4. The first-order valence-electron chi connectivity index (χ1n) is 6.56. The zero-order chi connectivity index (χ0) is 15.6. The van der Waals surface area contributed by atoms with Crippen LogP contribution in [0.4, 0.5) is 14.2 Å². The number of carboxylic acid groups (broad SMARTS) is 1. The van der Waals surface area contributed by atoms with Gasteiger partial charge in [-0.25, -0.2) is 9.18 Å². The summed E-state index contributed by atoms with van der Waals surface area (Å²) in [6, 6.07) is 1.72. The van der Waals surface area contributed by atoms with Crippen molar-refractivity contribution in [3.05, 3.63) is 21.4 Å². The molecule has 4 rings (SSSR count). The molecule has 1 aromatic heterocycles. The van der Waals surface area contributed by atoms with Crippen molar-refractivity contribution in [3.63, 3.8) is 0 Å². The van der Waals surface area contributed by atoms with Crippen LogP contribution in [0, 0.1) is 11.2 Å². The number of carbonyl (C=O) groups is 1. The average molecular weight is 407 g/mol. The van der Waals surface area contributed by atoms with Crippen molar-refractivity contribution in [2.45, 2.75) is 0 Å². The second-order valence-corrected chi connectivity index (χ2v) is 7.82. The highest BCUT2D eigenvalue weighted by Crippen LogP contribution is 2.46. The number of rotatable bonds is 1. The van der Waals surface area contributed by atoms with Crippen LogP contribution < -0.4 is 4.90 Å². The fourth-order valence-corrected chi connectivity index (χ4v) is 4.56. The van der Waals surface area contributed by atoms with Gasteiger partial charge in [0, 0.05) is 37.0 Å². The monoisotopic (exact) mass is 405 g/mol. The van der Waals surface area contributed by atoms with Gasteiger partial charge in [0.05, 0.1) is 9.50 Å². The molecule has 1 aromatic carbocycles. The minimum atomic E-state index is -0.869. The van der Waals surface area contributed by atoms with Gasteiger partial charge in [0.2, 0.25) is 0 Å². The van der Waals surface area contributed by atoms with E-state index in [9.17, 15) is 9.18 Å². The average Bonchev–Trinajstić information content (AvgIpc) is 2.76. The van der Waals surface area contributed by atoms with E-state index in [-0.39, 0.29) is 9.89 Å². The molecule has 116 valence electrons. The first kappa shape index (κ1) is 14.5. The van der Waals surface area contributed by atoms with E-state index in [0.29, 0.717) is 29.0 Å². The standard InChI is InChI=1S/C13H10BrClFN3O2S/c14-8-7(15)1-6-10(9(8)16)17-22-11(6)18-2-13(3-18)4-19(5-13)12(20)21/h1H,2-5H2,(H,20,21). The Morgan fingerprint density at radius 2 is 2.14 bits per heavy atom. The van der Waals surface area contributed by atoms with Crippen molar-refractivity contribution in [2.24, 2.45) is 5.41 Å². The topological polar surface area (TPSA) is 56.7 Å². The third-order valence-electron chi connectivity index (χ3n) is 4.25. The van der Waals surface area contributed by atoms with Gasteiger partial charge in [0.15, 0.2) is 5.82 Å². The number of hydrogen-bond acceptors (Lipinski definition) is 4. The van der Waals surface area contributed by atoms with E-state index in [1.54, 1.807) is 6.07 Å². The van der Waals surface area contributed by atoms with Crippen LogP contribution in [0.5, 0.6) is 0 Å². The predicted molar refractivity (Wildman–Crippen MR) is 86.5 cm³/mol. The van der Waals surface area contributed by atoms with Crippen molar-refractivity contribution < 1.29 is 14.3 Å². The van der Waals surface area contributed by atoms with Crippen molar-refractivity contribution in [2.75, 3.05) is 31.1 Å². The highest BCUT2D eigenvalue weighted by Gasteiger charge is 2.54. The van der Waals surface area contributed by atoms with Crippen LogP contribution in [0.25, 0.3) is 10.9 Å². The SMILES string of the molecule is O=C(O)N1CC2(C1)CN(c1snc3c(F)c(Br)c(Cl)cc13)C2. The van der Waals surface area contributed by atoms with Gasteiger partial charge in [-0.2, -0.15) is 4.37 Å². The second-order valence-electron chi connectivity index (χ2n) is 5.86. The zero-order valence-electron chi connectivity index (χ0n) is 11.1. The fourth-order valence-electron chi connectivity index (χ4n) is 3.21. The molecule has 0 radical (unpaired) electrons. The third kappa shape index (κ3) is 1.93. The van der Waals surface area contributed by atoms with Gasteiger partial charge in [-0.1, -0.05) is 11.6 Å². The molecule has 2 fully saturated rings. The summed E-state index contributed by atoms with van der Waals surface area (Å²) < 4.78 is 18.6. The van der Waals surface area contributed by atoms with Gasteiger partial charge in [0.1, 0.15) is 10.5 Å². The number of halogens is 3. The lowest BCUT2D eigenvalue weighted by atomic mass is 9.73. The molecule has 9 heteroatoms. The van der Waals surface area contributed by atoms with Crippen LogP contribution in [0.15, 0.2) is 10.5 Å². The maximum absolute atomic E-state index is 14.1. The Morgan fingerprint density at radius 1 is 1.45 bits per heavy atom. The van der Waals surface area contributed by atoms with Crippen LogP contribution in [-0.2, 0) is 0 Å². The Bertz CT molecular complexity index is 800. The highest BCUT2D eigenvalue weighted by atomic mass is 79.9. The van der Waals surface area contributed by atoms with Crippen LogP contribution >= 0.6 is 39.1 Å². The number of amides is 1. The molecule has 22 heavy (non-hydrogen) atoms. The maximum Gasteiger partial charge on any atom is 0.407 e. The first-order chi connectivity index (χ1) is 10.4. The second kappa shape index (κ2) is 4.69. The molecule has 0 unspecified atom stereocenters. The molecule has 1 spiro atoms. The van der Waals surface area contributed by atoms with Crippen molar-refractivity contribution >= 4 is 61.1 Å². The summed E-state index contributed by atoms with van der Waals surface area (Å²) >= 11 is 10.4. The van der Waals surface area contributed by atoms with Crippen LogP contribution in [-0.4, -0.2) is 46.7 Å². The highest BCUT2D eigenvalue weighted by molar-refractivity contribution is 9.10. The summed E-state index contributed by atoms with van der Waals surface area (Å²) in [7, 11) is 0. The Hall–Kier alpha value is -1.12. The molecule has 1 amide bonds. The lowest BCUT2D eigenvalue weighted by Gasteiger charge is -2.59. The summed E-state index contributed by atoms with van der Waals surface area (Å²) in [4.78, 5) is 14.4. The Labute approximate surface area is 142 Å². The van der Waals surface area contributed by atoms with Gasteiger partial charge in [-0.15, -0.1) is 0 Å². The number of benzene rings is 1. The van der Waals surface area contributed by atoms with Crippen LogP contribution in [0.1, 0.15) is 0 Å². The number of likely N-dealkylation sites (tertiary alicyclic amines) is 1. The number of anilines is 1. The van der Waals surface area contributed by atoms with Gasteiger partial charge in [-0.05, 0) is 33.5 Å². The van der Waals surface area contributed by atoms with E-state index in [2.05, 4.69) is 25.2 Å². The molecule has 2 aliphatic heterocycles. The summed E-state index contributed by atoms with van der Waals surface area (Å²) in [5.74, 6) is -0.444. The Morgan fingerprint density at radius 3 is 2.77 bits per heavy atom. The zero-order valence-corrected chi connectivity index (χ0v) is 14.3.